The molecular weight excluding hydrogens is 528 g/mol. The SMILES string of the molecule is CCN1C(=O)[C@@H](NC(=O)c2cccc(C(F)(F)F)c2)[C@@H](c2ccc(F)cc2)c2c(C=O)nn(-c3ccccc3)c21. The van der Waals surface area contributed by atoms with E-state index in [1.165, 1.54) is 39.9 Å². The van der Waals surface area contributed by atoms with Gasteiger partial charge in [-0.15, -0.1) is 0 Å². The number of halogens is 4. The Morgan fingerprint density at radius 3 is 2.35 bits per heavy atom. The zero-order valence-electron chi connectivity index (χ0n) is 21.0. The molecule has 40 heavy (non-hydrogen) atoms. The van der Waals surface area contributed by atoms with Gasteiger partial charge >= 0.3 is 6.18 Å². The molecule has 0 saturated carbocycles. The average molecular weight is 551 g/mol. The fraction of sp³-hybridized carbons (Fsp3) is 0.172. The van der Waals surface area contributed by atoms with Crippen molar-refractivity contribution >= 4 is 23.9 Å². The van der Waals surface area contributed by atoms with E-state index in [0.717, 1.165) is 12.1 Å². The zero-order valence-corrected chi connectivity index (χ0v) is 21.0. The maximum absolute atomic E-state index is 14.0. The molecule has 0 aliphatic carbocycles. The molecule has 2 amide bonds. The number of nitrogens with one attached hydrogen (secondary N) is 1. The van der Waals surface area contributed by atoms with Gasteiger partial charge in [-0.1, -0.05) is 36.4 Å². The van der Waals surface area contributed by atoms with Gasteiger partial charge < -0.3 is 5.32 Å². The molecule has 0 unspecified atom stereocenters. The van der Waals surface area contributed by atoms with Crippen LogP contribution in [-0.4, -0.2) is 40.5 Å². The molecule has 1 aliphatic rings. The maximum Gasteiger partial charge on any atom is 0.416 e. The highest BCUT2D eigenvalue weighted by atomic mass is 19.4. The van der Waals surface area contributed by atoms with Gasteiger partial charge in [0.1, 0.15) is 23.4 Å². The second-order valence-electron chi connectivity index (χ2n) is 9.13. The van der Waals surface area contributed by atoms with Gasteiger partial charge in [0.15, 0.2) is 6.29 Å². The summed E-state index contributed by atoms with van der Waals surface area (Å²) in [7, 11) is 0. The zero-order chi connectivity index (χ0) is 28.6. The van der Waals surface area contributed by atoms with Gasteiger partial charge in [-0.25, -0.2) is 9.07 Å². The minimum Gasteiger partial charge on any atom is -0.339 e. The molecule has 3 aromatic carbocycles. The molecule has 0 saturated heterocycles. The monoisotopic (exact) mass is 550 g/mol. The number of amides is 2. The molecule has 5 rings (SSSR count). The van der Waals surface area contributed by atoms with Crippen LogP contribution >= 0.6 is 0 Å². The molecule has 1 N–H and O–H groups in total. The number of likely N-dealkylation sites (N-methyl/N-ethyl adjacent to an activating group) is 1. The molecule has 0 bridgehead atoms. The standard InChI is InChI=1S/C29H22F4N4O3/c1-2-36-27-24(22(16-38)35-37(27)21-9-4-3-5-10-21)23(17-11-13-20(30)14-12-17)25(28(36)40)34-26(39)18-7-6-8-19(15-18)29(31,32)33/h3-16,23,25H,2H2,1H3,(H,34,39)/t23-,25-/m0/s1. The third-order valence-electron chi connectivity index (χ3n) is 6.75. The van der Waals surface area contributed by atoms with Gasteiger partial charge in [-0.3, -0.25) is 19.3 Å². The van der Waals surface area contributed by atoms with E-state index in [4.69, 9.17) is 0 Å². The van der Waals surface area contributed by atoms with E-state index in [2.05, 4.69) is 10.4 Å². The molecule has 2 heterocycles. The van der Waals surface area contributed by atoms with Crippen molar-refractivity contribution in [2.45, 2.75) is 25.1 Å². The molecule has 1 aromatic heterocycles. The molecule has 0 spiro atoms. The highest BCUT2D eigenvalue weighted by Gasteiger charge is 2.46. The summed E-state index contributed by atoms with van der Waals surface area (Å²) < 4.78 is 55.2. The van der Waals surface area contributed by atoms with E-state index in [1.54, 1.807) is 37.3 Å². The lowest BCUT2D eigenvalue weighted by molar-refractivity contribution is -0.137. The number of aromatic nitrogens is 2. The fourth-order valence-electron chi connectivity index (χ4n) is 4.95. The van der Waals surface area contributed by atoms with Gasteiger partial charge in [0.2, 0.25) is 0 Å². The van der Waals surface area contributed by atoms with Crippen LogP contribution in [0.15, 0.2) is 78.9 Å². The van der Waals surface area contributed by atoms with E-state index in [-0.39, 0.29) is 17.8 Å². The van der Waals surface area contributed by atoms with Gasteiger partial charge in [0.05, 0.1) is 11.3 Å². The third-order valence-corrected chi connectivity index (χ3v) is 6.75. The van der Waals surface area contributed by atoms with Crippen molar-refractivity contribution in [3.05, 3.63) is 113 Å². The average Bonchev–Trinajstić information content (AvgIpc) is 3.33. The van der Waals surface area contributed by atoms with Crippen molar-refractivity contribution in [3.63, 3.8) is 0 Å². The number of carbonyl (C=O) groups excluding carboxylic acids is 3. The van der Waals surface area contributed by atoms with Crippen molar-refractivity contribution in [2.75, 3.05) is 11.4 Å². The summed E-state index contributed by atoms with van der Waals surface area (Å²) in [5.41, 5.74) is -0.0297. The highest BCUT2D eigenvalue weighted by Crippen LogP contribution is 2.43. The molecule has 2 atom stereocenters. The summed E-state index contributed by atoms with van der Waals surface area (Å²) in [5, 5.41) is 7.05. The molecule has 11 heteroatoms. The Balaban J connectivity index is 1.68. The van der Waals surface area contributed by atoms with Crippen LogP contribution in [0.2, 0.25) is 0 Å². The second kappa shape index (κ2) is 10.4. The van der Waals surface area contributed by atoms with Crippen molar-refractivity contribution in [3.8, 4) is 5.69 Å². The Morgan fingerprint density at radius 2 is 1.73 bits per heavy atom. The van der Waals surface area contributed by atoms with Gasteiger partial charge in [-0.05, 0) is 55.0 Å². The van der Waals surface area contributed by atoms with Crippen LogP contribution in [0.4, 0.5) is 23.4 Å². The topological polar surface area (TPSA) is 84.3 Å². The Bertz CT molecular complexity index is 1580. The third kappa shape index (κ3) is 4.74. The minimum absolute atomic E-state index is 0.00236. The number of anilines is 1. The van der Waals surface area contributed by atoms with Crippen LogP contribution in [0.25, 0.3) is 5.69 Å². The first-order valence-electron chi connectivity index (χ1n) is 12.3. The largest absolute Gasteiger partial charge is 0.416 e. The number of rotatable bonds is 6. The number of aldehydes is 1. The summed E-state index contributed by atoms with van der Waals surface area (Å²) in [6.07, 6.45) is -4.14. The van der Waals surface area contributed by atoms with Crippen LogP contribution in [0.3, 0.4) is 0 Å². The predicted octanol–water partition coefficient (Wildman–Crippen LogP) is 5.14. The highest BCUT2D eigenvalue weighted by molar-refractivity contribution is 6.06. The van der Waals surface area contributed by atoms with Crippen LogP contribution in [0.5, 0.6) is 0 Å². The molecule has 1 aliphatic heterocycles. The Kier molecular flexibility index (Phi) is 6.97. The number of hydrogen-bond donors (Lipinski definition) is 1. The van der Waals surface area contributed by atoms with Crippen molar-refractivity contribution in [1.29, 1.82) is 0 Å². The number of hydrogen-bond acceptors (Lipinski definition) is 4. The first-order valence-corrected chi connectivity index (χ1v) is 12.3. The lowest BCUT2D eigenvalue weighted by atomic mass is 9.81. The number of para-hydroxylation sites is 1. The van der Waals surface area contributed by atoms with E-state index >= 15 is 0 Å². The Morgan fingerprint density at radius 1 is 1.02 bits per heavy atom. The quantitative estimate of drug-likeness (QED) is 0.266. The molecule has 7 nitrogen and oxygen atoms in total. The normalized spacial score (nSPS) is 16.9. The first-order chi connectivity index (χ1) is 19.1. The van der Waals surface area contributed by atoms with E-state index < -0.39 is 41.3 Å². The van der Waals surface area contributed by atoms with Crippen LogP contribution in [0, 0.1) is 5.82 Å². The second-order valence-corrected chi connectivity index (χ2v) is 9.13. The van der Waals surface area contributed by atoms with Crippen molar-refractivity contribution < 1.29 is 31.9 Å². The van der Waals surface area contributed by atoms with Gasteiger partial charge in [0, 0.05) is 23.6 Å². The Hall–Kier alpha value is -4.80. The lowest BCUT2D eigenvalue weighted by Gasteiger charge is -2.38. The van der Waals surface area contributed by atoms with Crippen molar-refractivity contribution in [2.24, 2.45) is 0 Å². The molecule has 204 valence electrons. The molecular formula is C29H22F4N4O3. The van der Waals surface area contributed by atoms with Crippen molar-refractivity contribution in [1.82, 2.24) is 15.1 Å². The smallest absolute Gasteiger partial charge is 0.339 e. The van der Waals surface area contributed by atoms with E-state index in [0.29, 0.717) is 35.0 Å². The van der Waals surface area contributed by atoms with Crippen LogP contribution < -0.4 is 10.2 Å². The summed E-state index contributed by atoms with van der Waals surface area (Å²) in [5.74, 6) is -2.72. The number of benzene rings is 3. The number of alkyl halides is 3. The number of fused-ring (bicyclic) bond motifs is 1. The Labute approximate surface area is 226 Å². The van der Waals surface area contributed by atoms with Gasteiger partial charge in [-0.2, -0.15) is 18.3 Å². The lowest BCUT2D eigenvalue weighted by Crippen LogP contribution is -2.55. The first kappa shape index (κ1) is 26.8. The van der Waals surface area contributed by atoms with Gasteiger partial charge in [0.25, 0.3) is 11.8 Å². The fourth-order valence-corrected chi connectivity index (χ4v) is 4.95. The van der Waals surface area contributed by atoms with E-state index in [1.807, 2.05) is 0 Å². The summed E-state index contributed by atoms with van der Waals surface area (Å²) in [6, 6.07) is 16.5. The maximum atomic E-state index is 14.0. The molecule has 0 radical (unpaired) electrons. The summed E-state index contributed by atoms with van der Waals surface area (Å²) in [4.78, 5) is 40.9. The van der Waals surface area contributed by atoms with E-state index in [9.17, 15) is 31.9 Å². The number of carbonyl (C=O) groups is 3. The molecule has 0 fully saturated rings. The summed E-state index contributed by atoms with van der Waals surface area (Å²) >= 11 is 0. The van der Waals surface area contributed by atoms with Crippen LogP contribution in [0.1, 0.15) is 50.4 Å². The summed E-state index contributed by atoms with van der Waals surface area (Å²) in [6.45, 7) is 1.84. The predicted molar refractivity (Wildman–Crippen MR) is 138 cm³/mol. The van der Waals surface area contributed by atoms with Crippen LogP contribution in [-0.2, 0) is 11.0 Å². The molecule has 4 aromatic rings. The number of nitrogens with zero attached hydrogens (tertiary/aromatic N) is 3. The minimum atomic E-state index is -4.67.